The second-order valence-corrected chi connectivity index (χ2v) is 3.94. The molecule has 0 aromatic carbocycles. The average Bonchev–Trinajstić information content (AvgIpc) is 2.03. The molecule has 0 aromatic heterocycles. The number of hydrogen-bond donors (Lipinski definition) is 1. The Morgan fingerprint density at radius 2 is 2.09 bits per heavy atom. The Hall–Kier alpha value is 0.600. The molecule has 0 N–H and O–H groups in total. The second-order valence-electron chi connectivity index (χ2n) is 2.93. The third-order valence-corrected chi connectivity index (χ3v) is 2.73. The summed E-state index contributed by atoms with van der Waals surface area (Å²) in [6.07, 6.45) is 5.05. The van der Waals surface area contributed by atoms with Crippen LogP contribution in [0.25, 0.3) is 0 Å². The van der Waals surface area contributed by atoms with Crippen molar-refractivity contribution in [3.05, 3.63) is 0 Å². The van der Waals surface area contributed by atoms with Gasteiger partial charge in [-0.25, -0.2) is 0 Å². The lowest BCUT2D eigenvalue weighted by Gasteiger charge is -2.26. The van der Waals surface area contributed by atoms with E-state index < -0.39 is 0 Å². The summed E-state index contributed by atoms with van der Waals surface area (Å²) in [5.41, 5.74) is 0. The maximum Gasteiger partial charge on any atom is 0.0738 e. The Morgan fingerprint density at radius 1 is 1.36 bits per heavy atom. The van der Waals surface area contributed by atoms with Crippen molar-refractivity contribution in [1.29, 1.82) is 0 Å². The minimum absolute atomic E-state index is 0.239. The van der Waals surface area contributed by atoms with Gasteiger partial charge in [0.15, 0.2) is 0 Å². The minimum Gasteiger partial charge on any atom is -0.376 e. The first-order valence-corrected chi connectivity index (χ1v) is 5.28. The van der Waals surface area contributed by atoms with Crippen LogP contribution in [-0.4, -0.2) is 23.8 Å². The molecule has 0 bridgehead atoms. The predicted octanol–water partition coefficient (Wildman–Crippen LogP) is 2.48. The van der Waals surface area contributed by atoms with Crippen LogP contribution < -0.4 is 0 Å². The van der Waals surface area contributed by atoms with Gasteiger partial charge in [0.1, 0.15) is 0 Å². The molecule has 66 valence electrons. The highest BCUT2D eigenvalue weighted by molar-refractivity contribution is 7.80. The highest BCUT2D eigenvalue weighted by Gasteiger charge is 2.22. The van der Waals surface area contributed by atoms with E-state index in [-0.39, 0.29) is 11.5 Å². The molecule has 0 radical (unpaired) electrons. The van der Waals surface area contributed by atoms with Crippen molar-refractivity contribution in [3.8, 4) is 0 Å². The van der Waals surface area contributed by atoms with Gasteiger partial charge in [-0.2, -0.15) is 12.6 Å². The lowest BCUT2D eigenvalue weighted by atomic mass is 9.97. The summed E-state index contributed by atoms with van der Waals surface area (Å²) in [6, 6.07) is 0. The fourth-order valence-corrected chi connectivity index (χ4v) is 1.90. The monoisotopic (exact) mass is 194 g/mol. The van der Waals surface area contributed by atoms with Gasteiger partial charge in [-0.3, -0.25) is 0 Å². The van der Waals surface area contributed by atoms with E-state index in [2.05, 4.69) is 12.6 Å². The molecule has 0 saturated heterocycles. The summed E-state index contributed by atoms with van der Waals surface area (Å²) in [6.45, 7) is 0.733. The first-order valence-electron chi connectivity index (χ1n) is 4.21. The van der Waals surface area contributed by atoms with Crippen LogP contribution >= 0.6 is 24.2 Å². The Bertz CT molecular complexity index is 110. The van der Waals surface area contributed by atoms with Gasteiger partial charge < -0.3 is 4.74 Å². The average molecular weight is 195 g/mol. The summed E-state index contributed by atoms with van der Waals surface area (Å²) >= 11 is 10.2. The Balaban J connectivity index is 2.18. The van der Waals surface area contributed by atoms with Crippen molar-refractivity contribution in [2.45, 2.75) is 37.2 Å². The fourth-order valence-electron chi connectivity index (χ4n) is 1.44. The van der Waals surface area contributed by atoms with Gasteiger partial charge >= 0.3 is 0 Å². The van der Waals surface area contributed by atoms with E-state index in [1.54, 1.807) is 0 Å². The second kappa shape index (κ2) is 5.28. The van der Waals surface area contributed by atoms with Gasteiger partial charge in [0.05, 0.1) is 18.1 Å². The van der Waals surface area contributed by atoms with Crippen LogP contribution in [0.1, 0.15) is 25.7 Å². The summed E-state index contributed by atoms with van der Waals surface area (Å²) in [5.74, 6) is 0.792. The maximum atomic E-state index is 6.07. The molecule has 2 unspecified atom stereocenters. The van der Waals surface area contributed by atoms with Crippen molar-refractivity contribution in [1.82, 2.24) is 0 Å². The van der Waals surface area contributed by atoms with E-state index in [4.69, 9.17) is 16.3 Å². The summed E-state index contributed by atoms with van der Waals surface area (Å²) < 4.78 is 5.54. The number of hydrogen-bond acceptors (Lipinski definition) is 2. The maximum absolute atomic E-state index is 6.07. The van der Waals surface area contributed by atoms with Crippen molar-refractivity contribution < 1.29 is 4.74 Å². The molecule has 0 spiro atoms. The van der Waals surface area contributed by atoms with Crippen molar-refractivity contribution >= 4 is 24.2 Å². The van der Waals surface area contributed by atoms with Crippen molar-refractivity contribution in [3.63, 3.8) is 0 Å². The van der Waals surface area contributed by atoms with Crippen LogP contribution in [-0.2, 0) is 4.74 Å². The van der Waals surface area contributed by atoms with Gasteiger partial charge in [-0.05, 0) is 12.8 Å². The van der Waals surface area contributed by atoms with Gasteiger partial charge in [-0.1, -0.05) is 12.8 Å². The molecule has 1 nitrogen and oxygen atoms in total. The summed E-state index contributed by atoms with van der Waals surface area (Å²) in [7, 11) is 0. The Labute approximate surface area is 78.9 Å². The largest absolute Gasteiger partial charge is 0.376 e. The van der Waals surface area contributed by atoms with E-state index >= 15 is 0 Å². The van der Waals surface area contributed by atoms with E-state index in [1.807, 2.05) is 0 Å². The van der Waals surface area contributed by atoms with E-state index in [9.17, 15) is 0 Å². The zero-order valence-corrected chi connectivity index (χ0v) is 8.28. The van der Waals surface area contributed by atoms with Crippen LogP contribution in [0, 0.1) is 0 Å². The molecule has 0 aromatic rings. The standard InChI is InChI=1S/C8H15ClOS/c9-7-3-1-2-4-8(7)10-5-6-11/h7-8,11H,1-6H2. The van der Waals surface area contributed by atoms with Gasteiger partial charge in [0.2, 0.25) is 0 Å². The van der Waals surface area contributed by atoms with Crippen molar-refractivity contribution in [2.24, 2.45) is 0 Å². The number of halogens is 1. The summed E-state index contributed by atoms with van der Waals surface area (Å²) in [5, 5.41) is 0.239. The van der Waals surface area contributed by atoms with E-state index in [1.165, 1.54) is 12.8 Å². The van der Waals surface area contributed by atoms with Gasteiger partial charge in [0.25, 0.3) is 0 Å². The first kappa shape index (κ1) is 9.69. The molecule has 1 saturated carbocycles. The molecule has 11 heavy (non-hydrogen) atoms. The molecule has 0 amide bonds. The zero-order chi connectivity index (χ0) is 8.10. The van der Waals surface area contributed by atoms with Crippen LogP contribution in [0.2, 0.25) is 0 Å². The lowest BCUT2D eigenvalue weighted by molar-refractivity contribution is 0.0417. The minimum atomic E-state index is 0.239. The molecule has 2 atom stereocenters. The molecular weight excluding hydrogens is 180 g/mol. The van der Waals surface area contributed by atoms with E-state index in [0.717, 1.165) is 25.2 Å². The first-order chi connectivity index (χ1) is 5.34. The van der Waals surface area contributed by atoms with Crippen molar-refractivity contribution in [2.75, 3.05) is 12.4 Å². The molecule has 3 heteroatoms. The molecular formula is C8H15ClOS. The zero-order valence-electron chi connectivity index (χ0n) is 6.63. The van der Waals surface area contributed by atoms with Gasteiger partial charge in [0, 0.05) is 5.75 Å². The third kappa shape index (κ3) is 3.22. The third-order valence-electron chi connectivity index (χ3n) is 2.05. The molecule has 1 fully saturated rings. The van der Waals surface area contributed by atoms with Gasteiger partial charge in [-0.15, -0.1) is 11.6 Å². The van der Waals surface area contributed by atoms with Crippen LogP contribution in [0.4, 0.5) is 0 Å². The highest BCUT2D eigenvalue weighted by Crippen LogP contribution is 2.25. The smallest absolute Gasteiger partial charge is 0.0738 e. The lowest BCUT2D eigenvalue weighted by Crippen LogP contribution is -2.28. The van der Waals surface area contributed by atoms with E-state index in [0.29, 0.717) is 0 Å². The number of ether oxygens (including phenoxy) is 1. The molecule has 1 aliphatic carbocycles. The Morgan fingerprint density at radius 3 is 2.73 bits per heavy atom. The SMILES string of the molecule is SCCOC1CCCCC1Cl. The molecule has 0 aliphatic heterocycles. The summed E-state index contributed by atoms with van der Waals surface area (Å²) in [4.78, 5) is 0. The number of alkyl halides is 1. The number of rotatable bonds is 3. The highest BCUT2D eigenvalue weighted by atomic mass is 35.5. The molecule has 0 heterocycles. The fraction of sp³-hybridized carbons (Fsp3) is 1.00. The Kier molecular flexibility index (Phi) is 4.65. The predicted molar refractivity (Wildman–Crippen MR) is 51.7 cm³/mol. The molecule has 1 aliphatic rings. The van der Waals surface area contributed by atoms with Crippen LogP contribution in [0.3, 0.4) is 0 Å². The van der Waals surface area contributed by atoms with Crippen LogP contribution in [0.5, 0.6) is 0 Å². The topological polar surface area (TPSA) is 9.23 Å². The quantitative estimate of drug-likeness (QED) is 0.537. The van der Waals surface area contributed by atoms with Crippen LogP contribution in [0.15, 0.2) is 0 Å². The molecule has 1 rings (SSSR count). The number of thiol groups is 1. The normalized spacial score (nSPS) is 32.2.